The fourth-order valence-electron chi connectivity index (χ4n) is 7.35. The van der Waals surface area contributed by atoms with Gasteiger partial charge in [0.1, 0.15) is 16.5 Å². The Morgan fingerprint density at radius 3 is 2.02 bits per heavy atom. The summed E-state index contributed by atoms with van der Waals surface area (Å²) in [6.45, 7) is 14.7. The van der Waals surface area contributed by atoms with Crippen LogP contribution in [0.4, 0.5) is 0 Å². The minimum Gasteiger partial charge on any atom is -0.508 e. The third kappa shape index (κ3) is 6.93. The summed E-state index contributed by atoms with van der Waals surface area (Å²) in [6, 6.07) is 27.7. The molecule has 0 spiro atoms. The zero-order chi connectivity index (χ0) is 37.4. The zero-order valence-corrected chi connectivity index (χ0v) is 34.3. The molecule has 1 aliphatic rings. The van der Waals surface area contributed by atoms with Crippen LogP contribution in [-0.4, -0.2) is 42.7 Å². The van der Waals surface area contributed by atoms with E-state index in [2.05, 4.69) is 36.7 Å². The number of ether oxygens (including phenoxy) is 2. The van der Waals surface area contributed by atoms with Gasteiger partial charge in [-0.15, -0.1) is 11.3 Å². The van der Waals surface area contributed by atoms with Gasteiger partial charge in [-0.3, -0.25) is 14.2 Å². The number of aryl methyl sites for hydroxylation is 2. The van der Waals surface area contributed by atoms with E-state index in [-0.39, 0.29) is 12.6 Å². The molecular weight excluding hydrogens is 757 g/mol. The highest BCUT2D eigenvalue weighted by Gasteiger charge is 2.55. The van der Waals surface area contributed by atoms with Crippen LogP contribution in [0, 0.1) is 13.8 Å². The number of nitrogens with zero attached hydrogens (tertiary/aromatic N) is 2. The van der Waals surface area contributed by atoms with Crippen LogP contribution < -0.4 is 21.6 Å². The lowest BCUT2D eigenvalue weighted by atomic mass is 10.0. The highest BCUT2D eigenvalue weighted by molar-refractivity contribution is 9.11. The lowest BCUT2D eigenvalue weighted by molar-refractivity contribution is -0.144. The van der Waals surface area contributed by atoms with Gasteiger partial charge >= 0.3 is 20.0 Å². The number of hydrogen-bond donors (Lipinski definition) is 0. The van der Waals surface area contributed by atoms with Gasteiger partial charge in [0.25, 0.3) is 5.56 Å². The van der Waals surface area contributed by atoms with E-state index in [1.54, 1.807) is 18.4 Å². The predicted molar refractivity (Wildman–Crippen MR) is 215 cm³/mol. The minimum absolute atomic E-state index is 0.0508. The third-order valence-electron chi connectivity index (χ3n) is 10.3. The first-order valence-corrected chi connectivity index (χ1v) is 21.3. The van der Waals surface area contributed by atoms with Crippen molar-refractivity contribution in [3.05, 3.63) is 126 Å². The van der Waals surface area contributed by atoms with Crippen LogP contribution in [0.5, 0.6) is 0 Å². The minimum atomic E-state index is -3.38. The number of halogens is 1. The number of fused-ring (bicyclic) bond motifs is 1. The van der Waals surface area contributed by atoms with Gasteiger partial charge in [-0.25, -0.2) is 9.36 Å². The molecule has 1 atom stereocenters. The maximum absolute atomic E-state index is 15.0. The van der Waals surface area contributed by atoms with Crippen molar-refractivity contribution in [1.29, 1.82) is 0 Å². The summed E-state index contributed by atoms with van der Waals surface area (Å²) < 4.78 is 22.8. The summed E-state index contributed by atoms with van der Waals surface area (Å²) in [4.78, 5) is 45.0. The fraction of sp³-hybridized carbons (Fsp3) is 0.390. The second-order valence-electron chi connectivity index (χ2n) is 15.1. The average Bonchev–Trinajstić information content (AvgIpc) is 3.42. The van der Waals surface area contributed by atoms with Crippen LogP contribution >= 0.6 is 27.3 Å². The fourth-order valence-corrected chi connectivity index (χ4v) is 13.5. The summed E-state index contributed by atoms with van der Waals surface area (Å²) in [6.07, 6.45) is 0.947. The average molecular weight is 804 g/mol. The van der Waals surface area contributed by atoms with Crippen LogP contribution in [0.25, 0.3) is 10.2 Å². The number of rotatable bonds is 10. The Morgan fingerprint density at radius 2 is 1.46 bits per heavy atom. The molecule has 3 aromatic carbocycles. The van der Waals surface area contributed by atoms with Crippen LogP contribution in [-0.2, 0) is 30.8 Å². The van der Waals surface area contributed by atoms with E-state index in [4.69, 9.17) is 13.9 Å². The second kappa shape index (κ2) is 15.0. The van der Waals surface area contributed by atoms with Gasteiger partial charge in [-0.05, 0) is 88.6 Å². The number of benzene rings is 3. The molecule has 0 radical (unpaired) electrons. The van der Waals surface area contributed by atoms with Gasteiger partial charge in [0, 0.05) is 13.2 Å². The lowest BCUT2D eigenvalue weighted by Crippen LogP contribution is -2.69. The molecule has 8 nitrogen and oxygen atoms in total. The molecule has 1 fully saturated rings. The van der Waals surface area contributed by atoms with Crippen LogP contribution in [0.1, 0.15) is 70.3 Å². The number of carbonyl (C=O) groups is 1. The molecule has 0 N–H and O–H groups in total. The Hall–Kier alpha value is -3.61. The predicted octanol–water partition coefficient (Wildman–Crippen LogP) is 7.38. The first-order valence-electron chi connectivity index (χ1n) is 17.8. The first kappa shape index (κ1) is 38.1. The van der Waals surface area contributed by atoms with Gasteiger partial charge in [0.2, 0.25) is 0 Å². The van der Waals surface area contributed by atoms with E-state index in [9.17, 15) is 14.4 Å². The maximum atomic E-state index is 15.0. The lowest BCUT2D eigenvalue weighted by Gasteiger charge is -2.43. The maximum Gasteiger partial charge on any atom is 0.333 e. The summed E-state index contributed by atoms with van der Waals surface area (Å²) in [5, 5.41) is 1.72. The van der Waals surface area contributed by atoms with Gasteiger partial charge in [0.05, 0.1) is 21.8 Å². The normalized spacial score (nSPS) is 15.2. The van der Waals surface area contributed by atoms with E-state index < -0.39 is 42.2 Å². The third-order valence-corrected chi connectivity index (χ3v) is 17.4. The van der Waals surface area contributed by atoms with Gasteiger partial charge < -0.3 is 13.9 Å². The molecule has 1 aliphatic heterocycles. The van der Waals surface area contributed by atoms with E-state index in [1.165, 1.54) is 11.3 Å². The Balaban J connectivity index is 1.52. The van der Waals surface area contributed by atoms with Crippen molar-refractivity contribution in [2.75, 3.05) is 13.2 Å². The van der Waals surface area contributed by atoms with Crippen molar-refractivity contribution in [3.8, 4) is 0 Å². The Bertz CT molecular complexity index is 2140. The molecular formula is C41H47BrN2O6SSi. The van der Waals surface area contributed by atoms with Crippen molar-refractivity contribution >= 4 is 62.1 Å². The van der Waals surface area contributed by atoms with E-state index in [1.807, 2.05) is 98.8 Å². The topological polar surface area (TPSA) is 88.8 Å². The van der Waals surface area contributed by atoms with Gasteiger partial charge in [0.15, 0.2) is 0 Å². The monoisotopic (exact) mass is 802 g/mol. The Kier molecular flexibility index (Phi) is 11.0. The first-order chi connectivity index (χ1) is 24.7. The molecule has 52 heavy (non-hydrogen) atoms. The molecule has 1 saturated heterocycles. The van der Waals surface area contributed by atoms with Crippen molar-refractivity contribution in [1.82, 2.24) is 9.13 Å². The van der Waals surface area contributed by atoms with Gasteiger partial charge in [-0.2, -0.15) is 0 Å². The standard InChI is InChI=1S/C41H47BrN2O6SSi/c1-27-16-14-15-21-32(27)33(49-29-22-24-48-25-23-29)26-43-37-34(28(2)35(42)51-37)36(45)44(39(43)47)41(6,7)38(46)50-52(40(3,4)5,30-17-10-8-11-18-30)31-19-12-9-13-20-31/h8-21,29,33H,22-26H2,1-7H3/t33-/m0/s1. The largest absolute Gasteiger partial charge is 0.508 e. The van der Waals surface area contributed by atoms with Crippen molar-refractivity contribution < 1.29 is 18.7 Å². The molecule has 0 saturated carbocycles. The molecule has 274 valence electrons. The second-order valence-corrected chi connectivity index (χ2v) is 21.7. The smallest absolute Gasteiger partial charge is 0.333 e. The number of aromatic nitrogens is 2. The quantitative estimate of drug-likeness (QED) is 0.137. The SMILES string of the molecule is Cc1ccccc1[C@H](Cn1c(=O)n(C(C)(C)C(=O)O[Si](c2ccccc2)(c2ccccc2)C(C)(C)C)c(=O)c2c(C)c(Br)sc21)OC1CCOCC1. The van der Waals surface area contributed by atoms with Crippen molar-refractivity contribution in [3.63, 3.8) is 0 Å². The van der Waals surface area contributed by atoms with Crippen molar-refractivity contribution in [2.45, 2.75) is 90.6 Å². The van der Waals surface area contributed by atoms with E-state index in [0.29, 0.717) is 29.0 Å². The van der Waals surface area contributed by atoms with Crippen LogP contribution in [0.2, 0.25) is 5.04 Å². The van der Waals surface area contributed by atoms with Crippen molar-refractivity contribution in [2.24, 2.45) is 0 Å². The van der Waals surface area contributed by atoms with Crippen LogP contribution in [0.15, 0.2) is 98.3 Å². The Labute approximate surface area is 318 Å². The Morgan fingerprint density at radius 1 is 0.904 bits per heavy atom. The number of carbonyl (C=O) groups excluding carboxylic acids is 1. The summed E-state index contributed by atoms with van der Waals surface area (Å²) in [5.41, 5.74) is -0.0962. The summed E-state index contributed by atoms with van der Waals surface area (Å²) >= 11 is 4.98. The van der Waals surface area contributed by atoms with Gasteiger partial charge in [-0.1, -0.05) is 106 Å². The molecule has 0 amide bonds. The summed E-state index contributed by atoms with van der Waals surface area (Å²) in [5.74, 6) is -0.646. The molecule has 0 aliphatic carbocycles. The molecule has 3 heterocycles. The van der Waals surface area contributed by atoms with Crippen LogP contribution in [0.3, 0.4) is 0 Å². The highest BCUT2D eigenvalue weighted by Crippen LogP contribution is 2.39. The number of hydrogen-bond acceptors (Lipinski definition) is 7. The molecule has 0 bridgehead atoms. The molecule has 0 unspecified atom stereocenters. The van der Waals surface area contributed by atoms with E-state index in [0.717, 1.165) is 42.7 Å². The molecule has 6 rings (SSSR count). The number of thiophene rings is 1. The molecule has 5 aromatic rings. The van der Waals surface area contributed by atoms with E-state index >= 15 is 0 Å². The molecule has 11 heteroatoms. The molecule has 2 aromatic heterocycles. The highest BCUT2D eigenvalue weighted by atomic mass is 79.9. The zero-order valence-electron chi connectivity index (χ0n) is 30.9. The summed E-state index contributed by atoms with van der Waals surface area (Å²) in [7, 11) is -3.38.